The van der Waals surface area contributed by atoms with Crippen molar-refractivity contribution in [3.8, 4) is 5.75 Å². The van der Waals surface area contributed by atoms with Crippen LogP contribution in [0, 0.1) is 17.8 Å². The second kappa shape index (κ2) is 5.95. The molecule has 1 aromatic carbocycles. The quantitative estimate of drug-likeness (QED) is 0.858. The molecule has 3 heteroatoms. The molecule has 3 unspecified atom stereocenters. The summed E-state index contributed by atoms with van der Waals surface area (Å²) in [5.74, 6) is 3.78. The van der Waals surface area contributed by atoms with Gasteiger partial charge in [0.1, 0.15) is 5.75 Å². The van der Waals surface area contributed by atoms with Crippen molar-refractivity contribution in [1.82, 2.24) is 5.32 Å². The third-order valence-electron chi connectivity index (χ3n) is 5.09. The first kappa shape index (κ1) is 14.2. The van der Waals surface area contributed by atoms with E-state index in [1.165, 1.54) is 24.8 Å². The van der Waals surface area contributed by atoms with E-state index in [9.17, 15) is 0 Å². The van der Waals surface area contributed by atoms with Crippen molar-refractivity contribution in [3.05, 3.63) is 28.8 Å². The summed E-state index contributed by atoms with van der Waals surface area (Å²) in [6.45, 7) is 3.23. The summed E-state index contributed by atoms with van der Waals surface area (Å²) in [7, 11) is 1.74. The standard InChI is InChI=1S/C17H24ClNO/c1-3-19-15(17-13-5-4-6-14(13)17)10-11-9-12(18)7-8-16(11)20-2/h7-9,13-15,17,19H,3-6,10H2,1-2H3. The predicted octanol–water partition coefficient (Wildman–Crippen LogP) is 3.92. The molecule has 0 bridgehead atoms. The van der Waals surface area contributed by atoms with Gasteiger partial charge in [0.05, 0.1) is 7.11 Å². The number of methoxy groups -OCH3 is 1. The van der Waals surface area contributed by atoms with Crippen LogP contribution in [0.1, 0.15) is 31.7 Å². The van der Waals surface area contributed by atoms with Crippen molar-refractivity contribution >= 4 is 11.6 Å². The van der Waals surface area contributed by atoms with E-state index in [0.29, 0.717) is 6.04 Å². The lowest BCUT2D eigenvalue weighted by Crippen LogP contribution is -2.34. The van der Waals surface area contributed by atoms with Gasteiger partial charge in [0.2, 0.25) is 0 Å². The van der Waals surface area contributed by atoms with E-state index in [2.05, 4.69) is 18.3 Å². The predicted molar refractivity (Wildman–Crippen MR) is 83.5 cm³/mol. The second-order valence-electron chi connectivity index (χ2n) is 6.16. The lowest BCUT2D eigenvalue weighted by atomic mass is 9.96. The molecule has 2 nitrogen and oxygen atoms in total. The second-order valence-corrected chi connectivity index (χ2v) is 6.60. The molecule has 2 fully saturated rings. The molecule has 20 heavy (non-hydrogen) atoms. The number of hydrogen-bond donors (Lipinski definition) is 1. The van der Waals surface area contributed by atoms with Crippen LogP contribution in [-0.4, -0.2) is 19.7 Å². The molecule has 2 aliphatic carbocycles. The van der Waals surface area contributed by atoms with Crippen LogP contribution in [0.4, 0.5) is 0 Å². The van der Waals surface area contributed by atoms with Gasteiger partial charge in [-0.2, -0.15) is 0 Å². The Morgan fingerprint density at radius 2 is 2.10 bits per heavy atom. The molecule has 110 valence electrons. The van der Waals surface area contributed by atoms with Gasteiger partial charge in [0, 0.05) is 11.1 Å². The molecule has 2 saturated carbocycles. The number of likely N-dealkylation sites (N-methyl/N-ethyl adjacent to an activating group) is 1. The molecule has 0 aromatic heterocycles. The third-order valence-corrected chi connectivity index (χ3v) is 5.32. The first-order valence-electron chi connectivity index (χ1n) is 7.80. The lowest BCUT2D eigenvalue weighted by Gasteiger charge is -2.21. The summed E-state index contributed by atoms with van der Waals surface area (Å²) in [6, 6.07) is 6.51. The molecule has 0 spiro atoms. The molecule has 0 aliphatic heterocycles. The Labute approximate surface area is 126 Å². The van der Waals surface area contributed by atoms with Crippen LogP contribution in [0.3, 0.4) is 0 Å². The van der Waals surface area contributed by atoms with E-state index in [4.69, 9.17) is 16.3 Å². The molecule has 1 N–H and O–H groups in total. The molecule has 0 amide bonds. The molecule has 2 aliphatic rings. The van der Waals surface area contributed by atoms with E-state index >= 15 is 0 Å². The van der Waals surface area contributed by atoms with Gasteiger partial charge >= 0.3 is 0 Å². The molecule has 3 atom stereocenters. The summed E-state index contributed by atoms with van der Waals surface area (Å²) in [5.41, 5.74) is 1.23. The molecule has 0 heterocycles. The van der Waals surface area contributed by atoms with Crippen molar-refractivity contribution in [1.29, 1.82) is 0 Å². The molecule has 0 radical (unpaired) electrons. The van der Waals surface area contributed by atoms with Gasteiger partial charge in [-0.1, -0.05) is 24.9 Å². The summed E-state index contributed by atoms with van der Waals surface area (Å²) in [6.07, 6.45) is 5.33. The maximum atomic E-state index is 6.15. The van der Waals surface area contributed by atoms with E-state index in [1.807, 2.05) is 12.1 Å². The van der Waals surface area contributed by atoms with E-state index < -0.39 is 0 Å². The normalized spacial score (nSPS) is 29.1. The van der Waals surface area contributed by atoms with Gasteiger partial charge in [-0.05, 0) is 67.3 Å². The topological polar surface area (TPSA) is 21.3 Å². The van der Waals surface area contributed by atoms with Gasteiger partial charge in [0.15, 0.2) is 0 Å². The molecule has 0 saturated heterocycles. The van der Waals surface area contributed by atoms with Crippen LogP contribution in [0.5, 0.6) is 5.75 Å². The van der Waals surface area contributed by atoms with Crippen LogP contribution in [0.15, 0.2) is 18.2 Å². The Balaban J connectivity index is 1.75. The van der Waals surface area contributed by atoms with Crippen molar-refractivity contribution in [2.45, 2.75) is 38.6 Å². The van der Waals surface area contributed by atoms with E-state index in [1.54, 1.807) is 7.11 Å². The minimum atomic E-state index is 0.572. The van der Waals surface area contributed by atoms with Gasteiger partial charge in [-0.25, -0.2) is 0 Å². The fourth-order valence-corrected chi connectivity index (χ4v) is 4.42. The Morgan fingerprint density at radius 1 is 1.35 bits per heavy atom. The van der Waals surface area contributed by atoms with Crippen LogP contribution < -0.4 is 10.1 Å². The van der Waals surface area contributed by atoms with Crippen LogP contribution in [0.2, 0.25) is 5.02 Å². The molecule has 3 rings (SSSR count). The van der Waals surface area contributed by atoms with Crippen LogP contribution in [-0.2, 0) is 6.42 Å². The van der Waals surface area contributed by atoms with E-state index in [0.717, 1.165) is 41.5 Å². The summed E-state index contributed by atoms with van der Waals surface area (Å²) in [4.78, 5) is 0. The largest absolute Gasteiger partial charge is 0.496 e. The minimum Gasteiger partial charge on any atom is -0.496 e. The molecular weight excluding hydrogens is 270 g/mol. The zero-order valence-electron chi connectivity index (χ0n) is 12.4. The highest BCUT2D eigenvalue weighted by molar-refractivity contribution is 6.30. The van der Waals surface area contributed by atoms with Crippen molar-refractivity contribution in [2.24, 2.45) is 17.8 Å². The zero-order valence-corrected chi connectivity index (χ0v) is 13.1. The van der Waals surface area contributed by atoms with Gasteiger partial charge in [-0.3, -0.25) is 0 Å². The van der Waals surface area contributed by atoms with Crippen LogP contribution in [0.25, 0.3) is 0 Å². The SMILES string of the molecule is CCNC(Cc1cc(Cl)ccc1OC)C1C2CCCC21. The fourth-order valence-electron chi connectivity index (χ4n) is 4.22. The number of benzene rings is 1. The number of ether oxygens (including phenoxy) is 1. The lowest BCUT2D eigenvalue weighted by molar-refractivity contribution is 0.387. The Bertz CT molecular complexity index is 466. The molecular formula is C17H24ClNO. The highest BCUT2D eigenvalue weighted by Crippen LogP contribution is 2.59. The number of halogens is 1. The van der Waals surface area contributed by atoms with E-state index in [-0.39, 0.29) is 0 Å². The number of rotatable bonds is 6. The van der Waals surface area contributed by atoms with Crippen molar-refractivity contribution in [3.63, 3.8) is 0 Å². The number of nitrogens with one attached hydrogen (secondary N) is 1. The summed E-state index contributed by atoms with van der Waals surface area (Å²) in [5, 5.41) is 4.49. The summed E-state index contributed by atoms with van der Waals surface area (Å²) >= 11 is 6.15. The first-order chi connectivity index (χ1) is 9.74. The maximum absolute atomic E-state index is 6.15. The van der Waals surface area contributed by atoms with Gasteiger partial charge < -0.3 is 10.1 Å². The van der Waals surface area contributed by atoms with Crippen LogP contribution >= 0.6 is 11.6 Å². The zero-order chi connectivity index (χ0) is 14.1. The smallest absolute Gasteiger partial charge is 0.122 e. The Kier molecular flexibility index (Phi) is 4.23. The average molecular weight is 294 g/mol. The van der Waals surface area contributed by atoms with Gasteiger partial charge in [-0.15, -0.1) is 0 Å². The monoisotopic (exact) mass is 293 g/mol. The van der Waals surface area contributed by atoms with Crippen molar-refractivity contribution < 1.29 is 4.74 Å². The highest BCUT2D eigenvalue weighted by atomic mass is 35.5. The molecule has 1 aromatic rings. The third kappa shape index (κ3) is 2.68. The highest BCUT2D eigenvalue weighted by Gasteiger charge is 2.55. The van der Waals surface area contributed by atoms with Gasteiger partial charge in [0.25, 0.3) is 0 Å². The minimum absolute atomic E-state index is 0.572. The number of hydrogen-bond acceptors (Lipinski definition) is 2. The Hall–Kier alpha value is -0.730. The Morgan fingerprint density at radius 3 is 2.75 bits per heavy atom. The fraction of sp³-hybridized carbons (Fsp3) is 0.647. The number of fused-ring (bicyclic) bond motifs is 1. The first-order valence-corrected chi connectivity index (χ1v) is 8.18. The summed E-state index contributed by atoms with van der Waals surface area (Å²) < 4.78 is 5.49. The average Bonchev–Trinajstić information content (AvgIpc) is 2.90. The maximum Gasteiger partial charge on any atom is 0.122 e. The van der Waals surface area contributed by atoms with Crippen molar-refractivity contribution in [2.75, 3.05) is 13.7 Å².